The van der Waals surface area contributed by atoms with Crippen LogP contribution >= 0.6 is 0 Å². The SMILES string of the molecule is COc1cccc(CCC(=O)N2CCc3ccccc3C2C(=O)O)c1F. The lowest BCUT2D eigenvalue weighted by atomic mass is 9.92. The number of hydrogen-bond donors (Lipinski definition) is 1. The molecule has 0 fully saturated rings. The second-order valence-electron chi connectivity index (χ2n) is 6.21. The first-order chi connectivity index (χ1) is 12.5. The maximum Gasteiger partial charge on any atom is 0.331 e. The van der Waals surface area contributed by atoms with E-state index >= 15 is 0 Å². The van der Waals surface area contributed by atoms with E-state index in [0.29, 0.717) is 24.1 Å². The van der Waals surface area contributed by atoms with Crippen molar-refractivity contribution in [2.45, 2.75) is 25.3 Å². The highest BCUT2D eigenvalue weighted by Crippen LogP contribution is 2.31. The van der Waals surface area contributed by atoms with Gasteiger partial charge in [-0.2, -0.15) is 0 Å². The van der Waals surface area contributed by atoms with Crippen LogP contribution in [0.2, 0.25) is 0 Å². The molecule has 0 spiro atoms. The molecule has 0 aromatic heterocycles. The topological polar surface area (TPSA) is 66.8 Å². The van der Waals surface area contributed by atoms with Gasteiger partial charge in [0.05, 0.1) is 7.11 Å². The molecule has 2 aromatic carbocycles. The van der Waals surface area contributed by atoms with Gasteiger partial charge in [-0.15, -0.1) is 0 Å². The molecule has 1 amide bonds. The second-order valence-corrected chi connectivity index (χ2v) is 6.21. The Morgan fingerprint density at radius 2 is 2.00 bits per heavy atom. The van der Waals surface area contributed by atoms with Gasteiger partial charge in [-0.1, -0.05) is 36.4 Å². The number of aliphatic carboxylic acids is 1. The highest BCUT2D eigenvalue weighted by molar-refractivity contribution is 5.85. The van der Waals surface area contributed by atoms with Gasteiger partial charge < -0.3 is 14.7 Å². The number of ether oxygens (including phenoxy) is 1. The van der Waals surface area contributed by atoms with Gasteiger partial charge in [0, 0.05) is 13.0 Å². The Bertz CT molecular complexity index is 836. The number of hydrogen-bond acceptors (Lipinski definition) is 3. The summed E-state index contributed by atoms with van der Waals surface area (Å²) in [4.78, 5) is 25.8. The van der Waals surface area contributed by atoms with Crippen molar-refractivity contribution in [3.05, 3.63) is 65.0 Å². The summed E-state index contributed by atoms with van der Waals surface area (Å²) in [7, 11) is 1.38. The lowest BCUT2D eigenvalue weighted by Gasteiger charge is -2.34. The predicted octanol–water partition coefficient (Wildman–Crippen LogP) is 2.98. The van der Waals surface area contributed by atoms with Crippen LogP contribution in [0.25, 0.3) is 0 Å². The summed E-state index contributed by atoms with van der Waals surface area (Å²) in [6.45, 7) is 0.341. The normalized spacial score (nSPS) is 16.1. The van der Waals surface area contributed by atoms with Crippen molar-refractivity contribution in [1.82, 2.24) is 4.90 Å². The fourth-order valence-corrected chi connectivity index (χ4v) is 3.39. The summed E-state index contributed by atoms with van der Waals surface area (Å²) in [6, 6.07) is 11.1. The molecule has 1 N–H and O–H groups in total. The van der Waals surface area contributed by atoms with E-state index in [-0.39, 0.29) is 24.5 Å². The molecule has 0 saturated heterocycles. The smallest absolute Gasteiger partial charge is 0.331 e. The number of carbonyl (C=O) groups excluding carboxylic acids is 1. The Hall–Kier alpha value is -2.89. The predicted molar refractivity (Wildman–Crippen MR) is 93.5 cm³/mol. The largest absolute Gasteiger partial charge is 0.494 e. The molecule has 0 aliphatic carbocycles. The molecule has 1 aliphatic rings. The van der Waals surface area contributed by atoms with Crippen molar-refractivity contribution in [1.29, 1.82) is 0 Å². The van der Waals surface area contributed by atoms with Gasteiger partial charge in [0.15, 0.2) is 17.6 Å². The number of rotatable bonds is 5. The van der Waals surface area contributed by atoms with Crippen molar-refractivity contribution in [3.8, 4) is 5.75 Å². The molecule has 1 unspecified atom stereocenters. The van der Waals surface area contributed by atoms with Gasteiger partial charge in [-0.25, -0.2) is 9.18 Å². The second kappa shape index (κ2) is 7.56. The Morgan fingerprint density at radius 3 is 2.73 bits per heavy atom. The first-order valence-corrected chi connectivity index (χ1v) is 8.44. The molecule has 0 bridgehead atoms. The standard InChI is InChI=1S/C20H20FNO4/c1-26-16-8-4-6-14(18(16)21)9-10-17(23)22-12-11-13-5-2-3-7-15(13)19(22)20(24)25/h2-8,19H,9-12H2,1H3,(H,24,25). The third kappa shape index (κ3) is 3.40. The number of aryl methyl sites for hydroxylation is 1. The van der Waals surface area contributed by atoms with Crippen LogP contribution in [0, 0.1) is 5.82 Å². The van der Waals surface area contributed by atoms with E-state index in [9.17, 15) is 19.1 Å². The number of benzene rings is 2. The number of carboxylic acid groups (broad SMARTS) is 1. The van der Waals surface area contributed by atoms with Gasteiger partial charge >= 0.3 is 5.97 Å². The Balaban J connectivity index is 1.77. The third-order valence-electron chi connectivity index (χ3n) is 4.71. The van der Waals surface area contributed by atoms with Crippen molar-refractivity contribution in [2.75, 3.05) is 13.7 Å². The molecular weight excluding hydrogens is 337 g/mol. The van der Waals surface area contributed by atoms with E-state index in [0.717, 1.165) is 5.56 Å². The van der Waals surface area contributed by atoms with Crippen molar-refractivity contribution >= 4 is 11.9 Å². The molecule has 136 valence electrons. The minimum atomic E-state index is -1.06. The lowest BCUT2D eigenvalue weighted by Crippen LogP contribution is -2.43. The van der Waals surface area contributed by atoms with Crippen LogP contribution in [0.5, 0.6) is 5.75 Å². The zero-order valence-electron chi connectivity index (χ0n) is 14.4. The molecule has 6 heteroatoms. The molecule has 2 aromatic rings. The maximum absolute atomic E-state index is 14.2. The van der Waals surface area contributed by atoms with E-state index in [1.807, 2.05) is 12.1 Å². The van der Waals surface area contributed by atoms with E-state index < -0.39 is 17.8 Å². The highest BCUT2D eigenvalue weighted by atomic mass is 19.1. The van der Waals surface area contributed by atoms with Crippen molar-refractivity contribution in [3.63, 3.8) is 0 Å². The molecule has 1 aliphatic heterocycles. The fraction of sp³-hybridized carbons (Fsp3) is 0.300. The molecule has 5 nitrogen and oxygen atoms in total. The number of carboxylic acids is 1. The van der Waals surface area contributed by atoms with Gasteiger partial charge in [0.1, 0.15) is 0 Å². The van der Waals surface area contributed by atoms with Gasteiger partial charge in [-0.3, -0.25) is 4.79 Å². The molecular formula is C20H20FNO4. The average Bonchev–Trinajstić information content (AvgIpc) is 2.65. The zero-order valence-corrected chi connectivity index (χ0v) is 14.4. The number of carbonyl (C=O) groups is 2. The van der Waals surface area contributed by atoms with Gasteiger partial charge in [-0.05, 0) is 35.6 Å². The van der Waals surface area contributed by atoms with Gasteiger partial charge in [0.2, 0.25) is 5.91 Å². The number of halogens is 1. The summed E-state index contributed by atoms with van der Waals surface area (Å²) < 4.78 is 19.2. The quantitative estimate of drug-likeness (QED) is 0.893. The van der Waals surface area contributed by atoms with Crippen LogP contribution in [0.3, 0.4) is 0 Å². The van der Waals surface area contributed by atoms with Gasteiger partial charge in [0.25, 0.3) is 0 Å². The first-order valence-electron chi connectivity index (χ1n) is 8.44. The summed E-state index contributed by atoms with van der Waals surface area (Å²) in [5.41, 5.74) is 1.97. The first kappa shape index (κ1) is 17.9. The highest BCUT2D eigenvalue weighted by Gasteiger charge is 2.35. The molecule has 26 heavy (non-hydrogen) atoms. The molecule has 0 saturated carbocycles. The van der Waals surface area contributed by atoms with Crippen LogP contribution < -0.4 is 4.74 Å². The minimum Gasteiger partial charge on any atom is -0.494 e. The van der Waals surface area contributed by atoms with Crippen LogP contribution in [-0.2, 0) is 22.4 Å². The molecule has 3 rings (SSSR count). The Kier molecular flexibility index (Phi) is 5.21. The zero-order chi connectivity index (χ0) is 18.7. The van der Waals surface area contributed by atoms with E-state index in [4.69, 9.17) is 4.74 Å². The lowest BCUT2D eigenvalue weighted by molar-refractivity contribution is -0.151. The van der Waals surface area contributed by atoms with Crippen LogP contribution in [0.4, 0.5) is 4.39 Å². The molecule has 1 atom stereocenters. The third-order valence-corrected chi connectivity index (χ3v) is 4.71. The Labute approximate surface area is 151 Å². The maximum atomic E-state index is 14.2. The summed E-state index contributed by atoms with van der Waals surface area (Å²) in [5, 5.41) is 9.63. The van der Waals surface area contributed by atoms with Crippen LogP contribution in [-0.4, -0.2) is 35.5 Å². The van der Waals surface area contributed by atoms with Crippen LogP contribution in [0.15, 0.2) is 42.5 Å². The number of methoxy groups -OCH3 is 1. The summed E-state index contributed by atoms with van der Waals surface area (Å²) >= 11 is 0. The monoisotopic (exact) mass is 357 g/mol. The number of amides is 1. The van der Waals surface area contributed by atoms with Crippen molar-refractivity contribution in [2.24, 2.45) is 0 Å². The summed E-state index contributed by atoms with van der Waals surface area (Å²) in [6.07, 6.45) is 0.835. The fourth-order valence-electron chi connectivity index (χ4n) is 3.39. The van der Waals surface area contributed by atoms with E-state index in [1.54, 1.807) is 24.3 Å². The number of fused-ring (bicyclic) bond motifs is 1. The van der Waals surface area contributed by atoms with Crippen molar-refractivity contribution < 1.29 is 23.8 Å². The molecule has 0 radical (unpaired) electrons. The summed E-state index contributed by atoms with van der Waals surface area (Å²) in [5.74, 6) is -1.71. The van der Waals surface area contributed by atoms with Crippen LogP contribution in [0.1, 0.15) is 29.2 Å². The average molecular weight is 357 g/mol. The molecule has 1 heterocycles. The van der Waals surface area contributed by atoms with E-state index in [2.05, 4.69) is 0 Å². The Morgan fingerprint density at radius 1 is 1.23 bits per heavy atom. The number of nitrogens with zero attached hydrogens (tertiary/aromatic N) is 1. The minimum absolute atomic E-state index is 0.0377. The van der Waals surface area contributed by atoms with E-state index in [1.165, 1.54) is 18.1 Å².